The molecule has 2 aromatic rings. The molecule has 0 saturated carbocycles. The summed E-state index contributed by atoms with van der Waals surface area (Å²) < 4.78 is 0. The van der Waals surface area contributed by atoms with E-state index in [1.54, 1.807) is 0 Å². The Labute approximate surface area is 158 Å². The maximum atomic E-state index is 11.6. The molecule has 2 N–H and O–H groups in total. The van der Waals surface area contributed by atoms with E-state index in [1.165, 1.54) is 27.6 Å². The molecular weight excluding hydrogens is 340 g/mol. The highest BCUT2D eigenvalue weighted by Gasteiger charge is 2.33. The van der Waals surface area contributed by atoms with E-state index < -0.39 is 0 Å². The predicted octanol–water partition coefficient (Wildman–Crippen LogP) is 1.39. The monoisotopic (exact) mass is 364 g/mol. The minimum atomic E-state index is -0.190. The van der Waals surface area contributed by atoms with E-state index in [0.29, 0.717) is 25.0 Å². The van der Waals surface area contributed by atoms with Crippen LogP contribution < -0.4 is 5.32 Å². The molecule has 1 aromatic carbocycles. The van der Waals surface area contributed by atoms with Gasteiger partial charge in [0, 0.05) is 29.7 Å². The summed E-state index contributed by atoms with van der Waals surface area (Å²) in [5, 5.41) is 3.73. The Balaban J connectivity index is 1.39. The van der Waals surface area contributed by atoms with Crippen LogP contribution in [-0.2, 0) is 16.0 Å². The van der Waals surface area contributed by atoms with Crippen molar-refractivity contribution >= 4 is 28.3 Å². The van der Waals surface area contributed by atoms with Crippen molar-refractivity contribution < 1.29 is 9.59 Å². The van der Waals surface area contributed by atoms with Gasteiger partial charge in [0.2, 0.25) is 11.8 Å². The molecule has 2 aliphatic heterocycles. The summed E-state index contributed by atoms with van der Waals surface area (Å²) in [6.45, 7) is 2.42. The number of likely N-dealkylation sites (N-methyl/N-ethyl adjacent to an activating group) is 1. The van der Waals surface area contributed by atoms with Crippen molar-refractivity contribution in [1.82, 2.24) is 20.1 Å². The van der Waals surface area contributed by atoms with Crippen LogP contribution >= 0.6 is 0 Å². The number of imide groups is 1. The van der Waals surface area contributed by atoms with Crippen LogP contribution in [0.25, 0.3) is 16.5 Å². The number of benzene rings is 1. The molecule has 140 valence electrons. The number of aromatic amines is 1. The van der Waals surface area contributed by atoms with Crippen molar-refractivity contribution in [2.75, 3.05) is 33.2 Å². The van der Waals surface area contributed by atoms with Crippen molar-refractivity contribution in [2.45, 2.75) is 18.9 Å². The van der Waals surface area contributed by atoms with E-state index in [-0.39, 0.29) is 11.8 Å². The summed E-state index contributed by atoms with van der Waals surface area (Å²) in [5.74, 6) is 0.0471. The highest BCUT2D eigenvalue weighted by Crippen LogP contribution is 2.41. The molecule has 3 heterocycles. The number of aromatic nitrogens is 1. The summed E-state index contributed by atoms with van der Waals surface area (Å²) in [4.78, 5) is 31.0. The van der Waals surface area contributed by atoms with Crippen molar-refractivity contribution in [1.29, 1.82) is 0 Å². The summed E-state index contributed by atoms with van der Waals surface area (Å²) >= 11 is 0. The molecule has 27 heavy (non-hydrogen) atoms. The minimum Gasteiger partial charge on any atom is -0.361 e. The number of piperazine rings is 1. The SMILES string of the molecule is CN1CC(CCN2CC(=O)NC(=O)C2)C=C2c3cccc4[nH]cc(c34)C[C@H]21. The fraction of sp³-hybridized carbons (Fsp3) is 0.429. The number of carbonyl (C=O) groups excluding carboxylic acids is 2. The number of amides is 2. The van der Waals surface area contributed by atoms with Gasteiger partial charge in [0.25, 0.3) is 0 Å². The van der Waals surface area contributed by atoms with Gasteiger partial charge in [-0.05, 0) is 55.1 Å². The van der Waals surface area contributed by atoms with Crippen molar-refractivity contribution in [3.63, 3.8) is 0 Å². The number of hydrogen-bond acceptors (Lipinski definition) is 4. The quantitative estimate of drug-likeness (QED) is 0.808. The second-order valence-electron chi connectivity index (χ2n) is 8.05. The summed E-state index contributed by atoms with van der Waals surface area (Å²) in [5.41, 5.74) is 5.40. The number of H-pyrrole nitrogens is 1. The third kappa shape index (κ3) is 2.89. The molecule has 5 rings (SSSR count). The Kier molecular flexibility index (Phi) is 3.91. The molecule has 3 aliphatic rings. The fourth-order valence-electron chi connectivity index (χ4n) is 4.93. The van der Waals surface area contributed by atoms with E-state index in [1.807, 2.05) is 4.90 Å². The Morgan fingerprint density at radius 1 is 1.19 bits per heavy atom. The average molecular weight is 364 g/mol. The van der Waals surface area contributed by atoms with Crippen molar-refractivity contribution in [3.05, 3.63) is 41.6 Å². The van der Waals surface area contributed by atoms with Crippen molar-refractivity contribution in [2.24, 2.45) is 5.92 Å². The van der Waals surface area contributed by atoms with Gasteiger partial charge in [-0.3, -0.25) is 24.7 Å². The zero-order valence-electron chi connectivity index (χ0n) is 15.5. The molecule has 0 bridgehead atoms. The van der Waals surface area contributed by atoms with E-state index in [0.717, 1.165) is 25.9 Å². The first-order valence-electron chi connectivity index (χ1n) is 9.65. The lowest BCUT2D eigenvalue weighted by atomic mass is 9.79. The zero-order chi connectivity index (χ0) is 18.5. The van der Waals surface area contributed by atoms with E-state index in [4.69, 9.17) is 0 Å². The van der Waals surface area contributed by atoms with Gasteiger partial charge in [-0.15, -0.1) is 0 Å². The molecule has 0 radical (unpaired) electrons. The topological polar surface area (TPSA) is 68.4 Å². The van der Waals surface area contributed by atoms with Crippen LogP contribution in [0.5, 0.6) is 0 Å². The Morgan fingerprint density at radius 2 is 2.00 bits per heavy atom. The van der Waals surface area contributed by atoms with Gasteiger partial charge in [0.1, 0.15) is 0 Å². The first kappa shape index (κ1) is 16.7. The molecular formula is C21H24N4O2. The van der Waals surface area contributed by atoms with Crippen molar-refractivity contribution in [3.8, 4) is 0 Å². The summed E-state index contributed by atoms with van der Waals surface area (Å²) in [6, 6.07) is 6.94. The number of nitrogens with one attached hydrogen (secondary N) is 2. The van der Waals surface area contributed by atoms with Crippen LogP contribution in [0.1, 0.15) is 17.5 Å². The molecule has 1 aromatic heterocycles. The first-order valence-corrected chi connectivity index (χ1v) is 9.65. The van der Waals surface area contributed by atoms with Gasteiger partial charge < -0.3 is 4.98 Å². The highest BCUT2D eigenvalue weighted by atomic mass is 16.2. The van der Waals surface area contributed by atoms with Crippen LogP contribution in [0.4, 0.5) is 0 Å². The van der Waals surface area contributed by atoms with Crippen LogP contribution in [0.2, 0.25) is 0 Å². The lowest BCUT2D eigenvalue weighted by Gasteiger charge is -2.40. The lowest BCUT2D eigenvalue weighted by Crippen LogP contribution is -2.52. The molecule has 1 saturated heterocycles. The number of carbonyl (C=O) groups is 2. The first-order chi connectivity index (χ1) is 13.1. The smallest absolute Gasteiger partial charge is 0.240 e. The van der Waals surface area contributed by atoms with E-state index in [9.17, 15) is 9.59 Å². The molecule has 1 aliphatic carbocycles. The molecule has 1 fully saturated rings. The number of hydrogen-bond donors (Lipinski definition) is 2. The van der Waals surface area contributed by atoms with E-state index >= 15 is 0 Å². The number of rotatable bonds is 3. The highest BCUT2D eigenvalue weighted by molar-refractivity contribution is 5.99. The van der Waals surface area contributed by atoms with Gasteiger partial charge in [-0.25, -0.2) is 0 Å². The summed E-state index contributed by atoms with van der Waals surface area (Å²) in [7, 11) is 2.21. The standard InChI is InChI=1S/C21H24N4O2/c1-24-10-13(5-6-25-11-19(26)23-20(27)12-25)7-16-15-3-2-4-17-21(15)14(9-22-17)8-18(16)24/h2-4,7,9,13,18,22H,5-6,8,10-12H2,1H3,(H,23,26,27)/t13?,18-/m1/s1. The summed E-state index contributed by atoms with van der Waals surface area (Å²) in [6.07, 6.45) is 6.61. The fourth-order valence-corrected chi connectivity index (χ4v) is 4.93. The maximum Gasteiger partial charge on any atom is 0.240 e. The van der Waals surface area contributed by atoms with Crippen LogP contribution in [0.3, 0.4) is 0 Å². The Hall–Kier alpha value is -2.44. The lowest BCUT2D eigenvalue weighted by molar-refractivity contribution is -0.136. The molecule has 2 atom stereocenters. The predicted molar refractivity (Wildman–Crippen MR) is 104 cm³/mol. The van der Waals surface area contributed by atoms with Crippen LogP contribution in [0.15, 0.2) is 30.5 Å². The van der Waals surface area contributed by atoms with Gasteiger partial charge in [0.15, 0.2) is 0 Å². The molecule has 0 spiro atoms. The zero-order valence-corrected chi connectivity index (χ0v) is 15.5. The van der Waals surface area contributed by atoms with Crippen LogP contribution in [-0.4, -0.2) is 65.9 Å². The van der Waals surface area contributed by atoms with Gasteiger partial charge >= 0.3 is 0 Å². The Bertz CT molecular complexity index is 944. The van der Waals surface area contributed by atoms with E-state index in [2.05, 4.69) is 52.7 Å². The van der Waals surface area contributed by atoms with Gasteiger partial charge in [-0.2, -0.15) is 0 Å². The second-order valence-corrected chi connectivity index (χ2v) is 8.05. The molecule has 6 nitrogen and oxygen atoms in total. The molecule has 6 heteroatoms. The second kappa shape index (κ2) is 6.32. The van der Waals surface area contributed by atoms with Gasteiger partial charge in [0.05, 0.1) is 13.1 Å². The third-order valence-electron chi connectivity index (χ3n) is 6.17. The average Bonchev–Trinajstić information content (AvgIpc) is 3.05. The largest absolute Gasteiger partial charge is 0.361 e. The third-order valence-corrected chi connectivity index (χ3v) is 6.17. The number of fused-ring (bicyclic) bond motifs is 2. The Morgan fingerprint density at radius 3 is 2.81 bits per heavy atom. The molecule has 2 amide bonds. The van der Waals surface area contributed by atoms with Gasteiger partial charge in [-0.1, -0.05) is 18.2 Å². The number of nitrogens with zero attached hydrogens (tertiary/aromatic N) is 2. The normalized spacial score (nSPS) is 26.0. The van der Waals surface area contributed by atoms with Crippen LogP contribution in [0, 0.1) is 5.92 Å². The maximum absolute atomic E-state index is 11.6. The minimum absolute atomic E-state index is 0.190. The molecule has 1 unspecified atom stereocenters.